The summed E-state index contributed by atoms with van der Waals surface area (Å²) in [6.07, 6.45) is 0. The first-order valence-corrected chi connectivity index (χ1v) is 13.3. The molecule has 0 unspecified atom stereocenters. The van der Waals surface area contributed by atoms with Crippen molar-refractivity contribution in [3.05, 3.63) is 60.4 Å². The molecule has 0 saturated heterocycles. The molecule has 34 heavy (non-hydrogen) atoms. The number of rotatable bonds is 10. The highest BCUT2D eigenvalue weighted by molar-refractivity contribution is 8.00. The van der Waals surface area contributed by atoms with Gasteiger partial charge in [-0.15, -0.1) is 21.5 Å². The predicted molar refractivity (Wildman–Crippen MR) is 133 cm³/mol. The number of aromatic nitrogens is 4. The predicted octanol–water partition coefficient (Wildman–Crippen LogP) is 3.15. The zero-order valence-corrected chi connectivity index (χ0v) is 21.0. The van der Waals surface area contributed by atoms with Crippen molar-refractivity contribution >= 4 is 57.0 Å². The van der Waals surface area contributed by atoms with Gasteiger partial charge >= 0.3 is 0 Å². The number of nitrogens with one attached hydrogen (secondary N) is 1. The van der Waals surface area contributed by atoms with Gasteiger partial charge in [0.05, 0.1) is 33.7 Å². The van der Waals surface area contributed by atoms with Gasteiger partial charge in [0, 0.05) is 5.69 Å². The van der Waals surface area contributed by atoms with Crippen LogP contribution in [0.25, 0.3) is 15.9 Å². The van der Waals surface area contributed by atoms with Gasteiger partial charge in [0.15, 0.2) is 9.50 Å². The van der Waals surface area contributed by atoms with Gasteiger partial charge in [-0.3, -0.25) is 9.36 Å². The van der Waals surface area contributed by atoms with Crippen LogP contribution in [0.3, 0.4) is 0 Å². The average molecular weight is 513 g/mol. The van der Waals surface area contributed by atoms with Gasteiger partial charge in [-0.05, 0) is 30.2 Å². The molecular weight excluding hydrogens is 490 g/mol. The van der Waals surface area contributed by atoms with Gasteiger partial charge in [0.2, 0.25) is 5.91 Å². The second-order valence-electron chi connectivity index (χ2n) is 7.70. The second kappa shape index (κ2) is 11.0. The minimum Gasteiger partial charge on any atom is -0.548 e. The van der Waals surface area contributed by atoms with Crippen molar-refractivity contribution in [2.24, 2.45) is 5.92 Å². The molecule has 0 aliphatic heterocycles. The third kappa shape index (κ3) is 5.78. The first-order chi connectivity index (χ1) is 16.4. The molecule has 8 nitrogen and oxygen atoms in total. The Bertz CT molecular complexity index is 1260. The van der Waals surface area contributed by atoms with Gasteiger partial charge < -0.3 is 15.2 Å². The van der Waals surface area contributed by atoms with Gasteiger partial charge in [0.25, 0.3) is 0 Å². The Labute approximate surface area is 209 Å². The van der Waals surface area contributed by atoms with Gasteiger partial charge in [-0.1, -0.05) is 67.7 Å². The van der Waals surface area contributed by atoms with Gasteiger partial charge in [0.1, 0.15) is 5.82 Å². The fraction of sp³-hybridized carbons (Fsp3) is 0.261. The third-order valence-corrected chi connectivity index (χ3v) is 7.99. The molecule has 4 aromatic rings. The quantitative estimate of drug-likeness (QED) is 0.323. The number of carbonyl (C=O) groups is 2. The summed E-state index contributed by atoms with van der Waals surface area (Å²) in [5.41, 5.74) is 1.85. The van der Waals surface area contributed by atoms with E-state index in [-0.39, 0.29) is 11.7 Å². The Morgan fingerprint density at radius 3 is 2.50 bits per heavy atom. The van der Waals surface area contributed by atoms with E-state index in [1.54, 1.807) is 36.9 Å². The number of para-hydroxylation sites is 2. The van der Waals surface area contributed by atoms with Crippen LogP contribution >= 0.6 is 34.9 Å². The zero-order chi connectivity index (χ0) is 24.1. The van der Waals surface area contributed by atoms with E-state index in [1.165, 1.54) is 11.8 Å². The fourth-order valence-corrected chi connectivity index (χ4v) is 5.97. The molecule has 0 saturated carbocycles. The Balaban J connectivity index is 1.50. The summed E-state index contributed by atoms with van der Waals surface area (Å²) in [6.45, 7) is 3.44. The molecule has 2 aromatic heterocycles. The van der Waals surface area contributed by atoms with Crippen LogP contribution in [0.2, 0.25) is 0 Å². The Hall–Kier alpha value is -2.89. The SMILES string of the molecule is CC(C)[C@H](NC(=O)CSc1nnc(CSc2nc3ccccc3s2)n1-c1ccccc1)C(=O)[O-]. The van der Waals surface area contributed by atoms with E-state index in [0.29, 0.717) is 10.9 Å². The van der Waals surface area contributed by atoms with Crippen LogP contribution in [-0.4, -0.2) is 43.4 Å². The number of thiazole rings is 1. The monoisotopic (exact) mass is 512 g/mol. The number of hydrogen-bond acceptors (Lipinski definition) is 9. The Morgan fingerprint density at radius 1 is 1.06 bits per heavy atom. The normalized spacial score (nSPS) is 12.2. The summed E-state index contributed by atoms with van der Waals surface area (Å²) in [5.74, 6) is -0.691. The van der Waals surface area contributed by atoms with Crippen molar-refractivity contribution in [3.8, 4) is 5.69 Å². The van der Waals surface area contributed by atoms with E-state index >= 15 is 0 Å². The summed E-state index contributed by atoms with van der Waals surface area (Å²) in [5, 5.41) is 23.0. The molecular formula is C23H22N5O3S3-. The van der Waals surface area contributed by atoms with Crippen LogP contribution in [0.5, 0.6) is 0 Å². The maximum atomic E-state index is 12.4. The van der Waals surface area contributed by atoms with Crippen LogP contribution in [-0.2, 0) is 15.3 Å². The molecule has 4 rings (SSSR count). The summed E-state index contributed by atoms with van der Waals surface area (Å²) in [7, 11) is 0. The number of carboxylic acid groups (broad SMARTS) is 1. The summed E-state index contributed by atoms with van der Waals surface area (Å²) < 4.78 is 3.99. The number of carboxylic acids is 1. The highest BCUT2D eigenvalue weighted by Crippen LogP contribution is 2.32. The van der Waals surface area contributed by atoms with Crippen molar-refractivity contribution in [2.75, 3.05) is 5.75 Å². The number of thioether (sulfide) groups is 2. The zero-order valence-electron chi connectivity index (χ0n) is 18.5. The van der Waals surface area contributed by atoms with Crippen LogP contribution in [0.15, 0.2) is 64.1 Å². The number of benzene rings is 2. The number of fused-ring (bicyclic) bond motifs is 1. The Kier molecular flexibility index (Phi) is 7.86. The smallest absolute Gasteiger partial charge is 0.231 e. The second-order valence-corrected chi connectivity index (χ2v) is 10.9. The molecule has 0 bridgehead atoms. The van der Waals surface area contributed by atoms with Gasteiger partial charge in [-0.2, -0.15) is 0 Å². The van der Waals surface area contributed by atoms with E-state index in [1.807, 2.05) is 59.2 Å². The molecule has 176 valence electrons. The summed E-state index contributed by atoms with van der Waals surface area (Å²) in [4.78, 5) is 28.3. The molecule has 1 amide bonds. The maximum Gasteiger partial charge on any atom is 0.231 e. The van der Waals surface area contributed by atoms with E-state index in [2.05, 4.69) is 20.5 Å². The number of aliphatic carboxylic acids is 1. The Morgan fingerprint density at radius 2 is 1.79 bits per heavy atom. The van der Waals surface area contributed by atoms with Gasteiger partial charge in [-0.25, -0.2) is 4.98 Å². The largest absolute Gasteiger partial charge is 0.548 e. The molecule has 0 aliphatic rings. The number of hydrogen-bond donors (Lipinski definition) is 1. The first-order valence-electron chi connectivity index (χ1n) is 10.5. The van der Waals surface area contributed by atoms with Crippen LogP contribution in [0.4, 0.5) is 0 Å². The summed E-state index contributed by atoms with van der Waals surface area (Å²) in [6, 6.07) is 16.6. The van der Waals surface area contributed by atoms with E-state index in [0.717, 1.165) is 26.1 Å². The van der Waals surface area contributed by atoms with Crippen molar-refractivity contribution in [1.29, 1.82) is 0 Å². The van der Waals surface area contributed by atoms with Crippen molar-refractivity contribution in [2.45, 2.75) is 35.1 Å². The van der Waals surface area contributed by atoms with Crippen molar-refractivity contribution in [3.63, 3.8) is 0 Å². The lowest BCUT2D eigenvalue weighted by atomic mass is 10.1. The van der Waals surface area contributed by atoms with Crippen LogP contribution in [0, 0.1) is 5.92 Å². The van der Waals surface area contributed by atoms with Crippen LogP contribution < -0.4 is 10.4 Å². The van der Waals surface area contributed by atoms with Crippen molar-refractivity contribution in [1.82, 2.24) is 25.1 Å². The maximum absolute atomic E-state index is 12.4. The minimum absolute atomic E-state index is 0.00643. The highest BCUT2D eigenvalue weighted by Gasteiger charge is 2.20. The lowest BCUT2D eigenvalue weighted by Gasteiger charge is -2.23. The molecule has 0 fully saturated rings. The lowest BCUT2D eigenvalue weighted by Crippen LogP contribution is -2.51. The fourth-order valence-electron chi connectivity index (χ4n) is 3.21. The van der Waals surface area contributed by atoms with Crippen molar-refractivity contribution < 1.29 is 14.7 Å². The number of carbonyl (C=O) groups excluding carboxylic acids is 2. The molecule has 1 N–H and O–H groups in total. The molecule has 0 radical (unpaired) electrons. The molecule has 0 spiro atoms. The molecule has 1 atom stereocenters. The third-order valence-electron chi connectivity index (χ3n) is 4.88. The van der Waals surface area contributed by atoms with E-state index in [4.69, 9.17) is 0 Å². The average Bonchev–Trinajstić information content (AvgIpc) is 3.43. The molecule has 2 aromatic carbocycles. The standard InChI is InChI=1S/C23H23N5O3S3/c1-14(2)20(21(30)31)25-19(29)13-32-22-27-26-18(28(22)15-8-4-3-5-9-15)12-33-23-24-16-10-6-7-11-17(16)34-23/h3-11,14,20H,12-13H2,1-2H3,(H,25,29)(H,30,31)/p-1/t20-/m0/s1. The molecule has 11 heteroatoms. The van der Waals surface area contributed by atoms with E-state index < -0.39 is 17.9 Å². The highest BCUT2D eigenvalue weighted by atomic mass is 32.2. The van der Waals surface area contributed by atoms with E-state index in [9.17, 15) is 14.7 Å². The first kappa shape index (κ1) is 24.2. The topological polar surface area (TPSA) is 113 Å². The molecule has 2 heterocycles. The summed E-state index contributed by atoms with van der Waals surface area (Å²) >= 11 is 4.42. The number of amides is 1. The van der Waals surface area contributed by atoms with Crippen LogP contribution in [0.1, 0.15) is 19.7 Å². The minimum atomic E-state index is -1.30. The lowest BCUT2D eigenvalue weighted by molar-refractivity contribution is -0.309. The number of nitrogens with zero attached hydrogens (tertiary/aromatic N) is 4. The molecule has 0 aliphatic carbocycles.